The monoisotopic (exact) mass is 371 g/mol. The van der Waals surface area contributed by atoms with Crippen LogP contribution in [0.2, 0.25) is 0 Å². The molecule has 2 aliphatic heterocycles. The molecular formula is C21H13N3O4. The lowest BCUT2D eigenvalue weighted by Gasteiger charge is -2.33. The van der Waals surface area contributed by atoms with Crippen molar-refractivity contribution >= 4 is 22.6 Å². The molecule has 5 rings (SSSR count). The molecule has 3 aromatic rings. The number of fused-ring (bicyclic) bond motifs is 6. The lowest BCUT2D eigenvalue weighted by molar-refractivity contribution is -0.120. The summed E-state index contributed by atoms with van der Waals surface area (Å²) >= 11 is 0. The van der Waals surface area contributed by atoms with E-state index in [2.05, 4.69) is 0 Å². The molecule has 28 heavy (non-hydrogen) atoms. The smallest absolute Gasteiger partial charge is 0.345 e. The van der Waals surface area contributed by atoms with E-state index in [0.29, 0.717) is 22.2 Å². The number of anilines is 1. The van der Waals surface area contributed by atoms with E-state index in [-0.39, 0.29) is 22.8 Å². The van der Waals surface area contributed by atoms with E-state index in [4.69, 9.17) is 14.9 Å². The van der Waals surface area contributed by atoms with Gasteiger partial charge in [0.05, 0.1) is 5.39 Å². The highest BCUT2D eigenvalue weighted by Crippen LogP contribution is 2.54. The molecule has 7 nitrogen and oxygen atoms in total. The number of nitrogens with two attached hydrogens (primary N) is 1. The fourth-order valence-electron chi connectivity index (χ4n) is 4.20. The molecule has 0 saturated heterocycles. The molecule has 1 amide bonds. The highest BCUT2D eigenvalue weighted by atomic mass is 16.5. The molecule has 2 aromatic carbocycles. The number of nitriles is 1. The maximum atomic E-state index is 13.6. The Hall–Kier alpha value is -4.05. The van der Waals surface area contributed by atoms with Gasteiger partial charge in [0.25, 0.3) is 0 Å². The third kappa shape index (κ3) is 1.67. The highest BCUT2D eigenvalue weighted by molar-refractivity contribution is 6.14. The van der Waals surface area contributed by atoms with Crippen LogP contribution in [0.3, 0.4) is 0 Å². The van der Waals surface area contributed by atoms with Gasteiger partial charge >= 0.3 is 5.63 Å². The molecule has 2 N–H and O–H groups in total. The molecule has 1 spiro atoms. The molecule has 0 saturated carbocycles. The van der Waals surface area contributed by atoms with E-state index in [1.165, 1.54) is 4.90 Å². The molecule has 0 radical (unpaired) electrons. The van der Waals surface area contributed by atoms with Crippen LogP contribution < -0.4 is 21.0 Å². The summed E-state index contributed by atoms with van der Waals surface area (Å²) in [6.07, 6.45) is 0. The maximum absolute atomic E-state index is 13.6. The van der Waals surface area contributed by atoms with Crippen LogP contribution >= 0.6 is 0 Å². The average Bonchev–Trinajstić information content (AvgIpc) is 2.91. The minimum Gasteiger partial charge on any atom is -0.439 e. The van der Waals surface area contributed by atoms with Crippen LogP contribution in [0.15, 0.2) is 69.2 Å². The third-order valence-electron chi connectivity index (χ3n) is 5.38. The van der Waals surface area contributed by atoms with Gasteiger partial charge in [-0.3, -0.25) is 4.79 Å². The second kappa shape index (κ2) is 5.24. The molecule has 0 unspecified atom stereocenters. The summed E-state index contributed by atoms with van der Waals surface area (Å²) < 4.78 is 11.2. The van der Waals surface area contributed by atoms with Crippen LogP contribution in [-0.4, -0.2) is 13.0 Å². The summed E-state index contributed by atoms with van der Waals surface area (Å²) in [5.41, 5.74) is 4.89. The summed E-state index contributed by atoms with van der Waals surface area (Å²) in [4.78, 5) is 28.1. The zero-order valence-electron chi connectivity index (χ0n) is 14.7. The Morgan fingerprint density at radius 2 is 1.82 bits per heavy atom. The topological polar surface area (TPSA) is 110 Å². The number of nitrogens with zero attached hydrogens (tertiary/aromatic N) is 2. The van der Waals surface area contributed by atoms with Gasteiger partial charge < -0.3 is 19.8 Å². The number of ether oxygens (including phenoxy) is 1. The number of hydrogen-bond acceptors (Lipinski definition) is 6. The molecule has 7 heteroatoms. The zero-order chi connectivity index (χ0) is 19.6. The molecule has 2 aliphatic rings. The van der Waals surface area contributed by atoms with Crippen molar-refractivity contribution in [2.24, 2.45) is 5.73 Å². The van der Waals surface area contributed by atoms with Crippen LogP contribution in [0, 0.1) is 11.3 Å². The maximum Gasteiger partial charge on any atom is 0.345 e. The van der Waals surface area contributed by atoms with Crippen molar-refractivity contribution in [3.05, 3.63) is 81.5 Å². The Bertz CT molecular complexity index is 1330. The largest absolute Gasteiger partial charge is 0.439 e. The summed E-state index contributed by atoms with van der Waals surface area (Å²) in [7, 11) is 1.60. The van der Waals surface area contributed by atoms with Crippen molar-refractivity contribution in [3.8, 4) is 11.8 Å². The number of para-hydroxylation sites is 2. The van der Waals surface area contributed by atoms with Gasteiger partial charge in [-0.15, -0.1) is 0 Å². The first kappa shape index (κ1) is 16.1. The van der Waals surface area contributed by atoms with Gasteiger partial charge in [-0.1, -0.05) is 30.3 Å². The Balaban J connectivity index is 2.04. The molecule has 0 bridgehead atoms. The first-order valence-corrected chi connectivity index (χ1v) is 8.54. The molecule has 1 aromatic heterocycles. The molecule has 3 heterocycles. The summed E-state index contributed by atoms with van der Waals surface area (Å²) in [6.45, 7) is 0. The predicted octanol–water partition coefficient (Wildman–Crippen LogP) is 2.14. The van der Waals surface area contributed by atoms with Gasteiger partial charge in [0, 0.05) is 18.3 Å². The third-order valence-corrected chi connectivity index (χ3v) is 5.38. The molecular weight excluding hydrogens is 358 g/mol. The summed E-state index contributed by atoms with van der Waals surface area (Å²) in [5.74, 6) is -0.522. The van der Waals surface area contributed by atoms with Gasteiger partial charge in [-0.05, 0) is 18.2 Å². The normalized spacial score (nSPS) is 20.1. The van der Waals surface area contributed by atoms with E-state index in [1.807, 2.05) is 6.07 Å². The first-order valence-electron chi connectivity index (χ1n) is 8.54. The van der Waals surface area contributed by atoms with E-state index in [9.17, 15) is 14.9 Å². The number of carbonyl (C=O) groups excluding carboxylic acids is 1. The van der Waals surface area contributed by atoms with Gasteiger partial charge in [0.1, 0.15) is 22.8 Å². The first-order chi connectivity index (χ1) is 13.5. The Morgan fingerprint density at radius 1 is 1.11 bits per heavy atom. The number of hydrogen-bond donors (Lipinski definition) is 1. The molecule has 136 valence electrons. The van der Waals surface area contributed by atoms with Crippen molar-refractivity contribution in [1.29, 1.82) is 5.26 Å². The van der Waals surface area contributed by atoms with Gasteiger partial charge in [-0.2, -0.15) is 5.26 Å². The standard InChI is InChI=1S/C21H13N3O4/c1-24-14-8-4-3-7-12(14)21(20(24)26)13(10-22)18(23)28-17-11-6-2-5-9-15(11)27-19(25)16(17)21/h2-9H,23H2,1H3/t21-/m1/s1. The summed E-state index contributed by atoms with van der Waals surface area (Å²) in [6, 6.07) is 15.8. The molecule has 1 atom stereocenters. The Labute approximate surface area is 158 Å². The zero-order valence-corrected chi connectivity index (χ0v) is 14.7. The number of carbonyl (C=O) groups is 1. The highest BCUT2D eigenvalue weighted by Gasteiger charge is 2.60. The quantitative estimate of drug-likeness (QED) is 0.606. The lowest BCUT2D eigenvalue weighted by atomic mass is 9.69. The fourth-order valence-corrected chi connectivity index (χ4v) is 4.20. The van der Waals surface area contributed by atoms with Crippen molar-refractivity contribution in [2.45, 2.75) is 5.41 Å². The molecule has 0 aliphatic carbocycles. The van der Waals surface area contributed by atoms with Crippen molar-refractivity contribution in [1.82, 2.24) is 0 Å². The Morgan fingerprint density at radius 3 is 2.61 bits per heavy atom. The van der Waals surface area contributed by atoms with Gasteiger partial charge in [-0.25, -0.2) is 4.79 Å². The van der Waals surface area contributed by atoms with Crippen molar-refractivity contribution in [2.75, 3.05) is 11.9 Å². The Kier molecular flexibility index (Phi) is 3.02. The number of benzene rings is 2. The fraction of sp³-hybridized carbons (Fsp3) is 0.0952. The summed E-state index contributed by atoms with van der Waals surface area (Å²) in [5, 5.41) is 10.4. The van der Waals surface area contributed by atoms with E-state index < -0.39 is 16.9 Å². The van der Waals surface area contributed by atoms with Gasteiger partial charge in [0.2, 0.25) is 11.8 Å². The number of likely N-dealkylation sites (N-methyl/N-ethyl adjacent to an activating group) is 1. The van der Waals surface area contributed by atoms with Crippen LogP contribution in [-0.2, 0) is 10.2 Å². The number of amides is 1. The van der Waals surface area contributed by atoms with Crippen LogP contribution in [0.4, 0.5) is 5.69 Å². The molecule has 0 fully saturated rings. The van der Waals surface area contributed by atoms with Crippen molar-refractivity contribution < 1.29 is 13.9 Å². The van der Waals surface area contributed by atoms with Crippen LogP contribution in [0.1, 0.15) is 11.1 Å². The SMILES string of the molecule is CN1C(=O)[C@@]2(C(C#N)=C(N)Oc3c2c(=O)oc2ccccc32)c2ccccc21. The van der Waals surface area contributed by atoms with Crippen LogP contribution in [0.5, 0.6) is 5.75 Å². The predicted molar refractivity (Wildman–Crippen MR) is 101 cm³/mol. The second-order valence-corrected chi connectivity index (χ2v) is 6.67. The van der Waals surface area contributed by atoms with Crippen molar-refractivity contribution in [3.63, 3.8) is 0 Å². The minimum atomic E-state index is -1.71. The average molecular weight is 371 g/mol. The van der Waals surface area contributed by atoms with Crippen LogP contribution in [0.25, 0.3) is 11.0 Å². The lowest BCUT2D eigenvalue weighted by Crippen LogP contribution is -2.47. The van der Waals surface area contributed by atoms with E-state index >= 15 is 0 Å². The minimum absolute atomic E-state index is 0.0289. The van der Waals surface area contributed by atoms with E-state index in [0.717, 1.165) is 0 Å². The number of rotatable bonds is 0. The second-order valence-electron chi connectivity index (χ2n) is 6.67. The van der Waals surface area contributed by atoms with E-state index in [1.54, 1.807) is 55.6 Å². The van der Waals surface area contributed by atoms with Gasteiger partial charge in [0.15, 0.2) is 11.2 Å².